The van der Waals surface area contributed by atoms with E-state index < -0.39 is 5.79 Å². The summed E-state index contributed by atoms with van der Waals surface area (Å²) in [6.07, 6.45) is 5.92. The molecule has 0 spiro atoms. The van der Waals surface area contributed by atoms with Crippen molar-refractivity contribution in [2.75, 3.05) is 18.1 Å². The molecule has 0 bridgehead atoms. The third kappa shape index (κ3) is 4.99. The number of rotatable bonds is 4. The van der Waals surface area contributed by atoms with Gasteiger partial charge in [-0.15, -0.1) is 0 Å². The highest BCUT2D eigenvalue weighted by molar-refractivity contribution is 6.33. The fourth-order valence-corrected chi connectivity index (χ4v) is 5.09. The van der Waals surface area contributed by atoms with E-state index in [-0.39, 0.29) is 34.7 Å². The second-order valence-corrected chi connectivity index (χ2v) is 10.5. The van der Waals surface area contributed by atoms with Crippen LogP contribution >= 0.6 is 11.6 Å². The van der Waals surface area contributed by atoms with Crippen LogP contribution in [0.25, 0.3) is 21.9 Å². The normalized spacial score (nSPS) is 22.4. The Labute approximate surface area is 219 Å². The van der Waals surface area contributed by atoms with Gasteiger partial charge in [0.1, 0.15) is 29.4 Å². The molecule has 5 rings (SSSR count). The van der Waals surface area contributed by atoms with Gasteiger partial charge >= 0.3 is 0 Å². The van der Waals surface area contributed by atoms with E-state index in [4.69, 9.17) is 32.5 Å². The zero-order valence-electron chi connectivity index (χ0n) is 21.2. The first-order chi connectivity index (χ1) is 17.5. The van der Waals surface area contributed by atoms with Crippen LogP contribution in [0.3, 0.4) is 0 Å². The summed E-state index contributed by atoms with van der Waals surface area (Å²) in [5.74, 6) is -0.541. The van der Waals surface area contributed by atoms with Crippen LogP contribution in [0.2, 0.25) is 5.02 Å². The summed E-state index contributed by atoms with van der Waals surface area (Å²) in [5.41, 5.74) is 15.0. The molecule has 4 aromatic rings. The average molecular weight is 525 g/mol. The largest absolute Gasteiger partial charge is 0.383 e. The highest BCUT2D eigenvalue weighted by atomic mass is 35.5. The van der Waals surface area contributed by atoms with Gasteiger partial charge in [0.15, 0.2) is 5.79 Å². The minimum atomic E-state index is -0.802. The van der Waals surface area contributed by atoms with Gasteiger partial charge in [-0.3, -0.25) is 0 Å². The molecule has 0 radical (unpaired) electrons. The van der Waals surface area contributed by atoms with Crippen molar-refractivity contribution >= 4 is 45.2 Å². The van der Waals surface area contributed by atoms with Crippen molar-refractivity contribution in [3.05, 3.63) is 64.8 Å². The molecule has 1 aliphatic rings. The number of hydrogen-bond acceptors (Lipinski definition) is 7. The molecule has 1 aromatic carbocycles. The third-order valence-corrected chi connectivity index (χ3v) is 7.18. The van der Waals surface area contributed by atoms with Gasteiger partial charge in [0.2, 0.25) is 0 Å². The molecule has 0 aliphatic carbocycles. The number of pyridine rings is 1. The van der Waals surface area contributed by atoms with E-state index in [1.54, 1.807) is 0 Å². The molecule has 37 heavy (non-hydrogen) atoms. The van der Waals surface area contributed by atoms with E-state index in [9.17, 15) is 4.39 Å². The Bertz CT molecular complexity index is 1520. The molecule has 3 atom stereocenters. The third-order valence-electron chi connectivity index (χ3n) is 6.88. The minimum absolute atomic E-state index is 0.0339. The van der Waals surface area contributed by atoms with Crippen LogP contribution in [-0.2, 0) is 15.9 Å². The van der Waals surface area contributed by atoms with Gasteiger partial charge in [-0.05, 0) is 68.5 Å². The van der Waals surface area contributed by atoms with Crippen molar-refractivity contribution in [3.8, 4) is 0 Å². The van der Waals surface area contributed by atoms with Crippen molar-refractivity contribution < 1.29 is 13.9 Å². The highest BCUT2D eigenvalue weighted by Crippen LogP contribution is 2.34. The number of halogens is 2. The summed E-state index contributed by atoms with van der Waals surface area (Å²) >= 11 is 6.05. The Balaban J connectivity index is 1.52. The van der Waals surface area contributed by atoms with E-state index >= 15 is 0 Å². The van der Waals surface area contributed by atoms with Crippen LogP contribution in [0.4, 0.5) is 16.0 Å². The van der Waals surface area contributed by atoms with Crippen molar-refractivity contribution in [1.29, 1.82) is 0 Å². The number of nitrogens with zero attached hydrogens (tertiary/aromatic N) is 4. The lowest BCUT2D eigenvalue weighted by molar-refractivity contribution is -0.237. The molecule has 4 N–H and O–H groups in total. The predicted octanol–water partition coefficient (Wildman–Crippen LogP) is 5.45. The Kier molecular flexibility index (Phi) is 6.55. The summed E-state index contributed by atoms with van der Waals surface area (Å²) in [5, 5.41) is 1.37. The van der Waals surface area contributed by atoms with Gasteiger partial charge in [-0.25, -0.2) is 19.3 Å². The van der Waals surface area contributed by atoms with Crippen LogP contribution < -0.4 is 11.5 Å². The smallest absolute Gasteiger partial charge is 0.163 e. The number of nitrogen functional groups attached to an aromatic ring is 2. The van der Waals surface area contributed by atoms with E-state index in [2.05, 4.69) is 32.5 Å². The zero-order valence-corrected chi connectivity index (χ0v) is 22.0. The molecule has 0 fully saturated rings. The standard InChI is InChI=1S/C27H30ClFN6O2/c1-14(7-16-8-21(29)19-11-20(28)25(31)34-22(19)9-16)17-10-23(15(2)37-27(3,4)36-12-17)35-6-5-18-24(30)32-13-33-26(18)35/h5-6,8-11,13-15,23H,7,12H2,1-4H3,(H2,31,34)(H2,30,32,33)/b17-10+/t14?,15-,23-/m1/s1. The van der Waals surface area contributed by atoms with Crippen molar-refractivity contribution in [1.82, 2.24) is 19.5 Å². The van der Waals surface area contributed by atoms with Gasteiger partial charge in [-0.2, -0.15) is 0 Å². The van der Waals surface area contributed by atoms with E-state index in [1.807, 2.05) is 39.1 Å². The lowest BCUT2D eigenvalue weighted by atomic mass is 9.90. The molecular weight excluding hydrogens is 495 g/mol. The fraction of sp³-hybridized carbons (Fsp3) is 0.370. The summed E-state index contributed by atoms with van der Waals surface area (Å²) < 4.78 is 29.4. The number of anilines is 2. The predicted molar refractivity (Wildman–Crippen MR) is 144 cm³/mol. The first-order valence-electron chi connectivity index (χ1n) is 12.2. The number of benzene rings is 1. The Morgan fingerprint density at radius 1 is 1.19 bits per heavy atom. The van der Waals surface area contributed by atoms with Crippen LogP contribution in [0, 0.1) is 11.7 Å². The maximum atomic E-state index is 14.9. The number of aromatic nitrogens is 4. The molecule has 4 heterocycles. The monoisotopic (exact) mass is 524 g/mol. The van der Waals surface area contributed by atoms with Gasteiger partial charge < -0.3 is 25.5 Å². The molecular formula is C27H30ClFN6O2. The molecule has 0 saturated heterocycles. The maximum absolute atomic E-state index is 14.9. The van der Waals surface area contributed by atoms with Crippen LogP contribution in [0.15, 0.2) is 48.4 Å². The molecule has 194 valence electrons. The van der Waals surface area contributed by atoms with Crippen molar-refractivity contribution in [2.45, 2.75) is 52.0 Å². The number of nitrogens with two attached hydrogens (primary N) is 2. The zero-order chi connectivity index (χ0) is 26.5. The molecule has 3 aromatic heterocycles. The molecule has 0 saturated carbocycles. The van der Waals surface area contributed by atoms with Crippen LogP contribution in [-0.4, -0.2) is 38.0 Å². The molecule has 1 unspecified atom stereocenters. The number of ether oxygens (including phenoxy) is 2. The molecule has 10 heteroatoms. The van der Waals surface area contributed by atoms with Gasteiger partial charge in [0.05, 0.1) is 34.7 Å². The number of hydrogen-bond donors (Lipinski definition) is 2. The Morgan fingerprint density at radius 3 is 2.76 bits per heavy atom. The molecule has 1 aliphatic heterocycles. The quantitative estimate of drug-likeness (QED) is 0.341. The number of fused-ring (bicyclic) bond motifs is 2. The van der Waals surface area contributed by atoms with Gasteiger partial charge in [-0.1, -0.05) is 24.6 Å². The summed E-state index contributed by atoms with van der Waals surface area (Å²) in [6.45, 7) is 8.29. The second-order valence-electron chi connectivity index (χ2n) is 10.1. The maximum Gasteiger partial charge on any atom is 0.163 e. The Morgan fingerprint density at radius 2 is 1.97 bits per heavy atom. The lowest BCUT2D eigenvalue weighted by Gasteiger charge is -2.37. The summed E-state index contributed by atoms with van der Waals surface area (Å²) in [7, 11) is 0. The first-order valence-corrected chi connectivity index (χ1v) is 12.5. The molecule has 8 nitrogen and oxygen atoms in total. The minimum Gasteiger partial charge on any atom is -0.383 e. The SMILES string of the molecule is CC(Cc1cc(F)c2cc(Cl)c(N)nc2c1)/C1=C/[C@@H](n2ccc3c(N)ncnc32)[C@@H](C)OC(C)(C)OC1. The highest BCUT2D eigenvalue weighted by Gasteiger charge is 2.32. The van der Waals surface area contributed by atoms with E-state index in [0.717, 1.165) is 22.2 Å². The first kappa shape index (κ1) is 25.4. The van der Waals surface area contributed by atoms with Crippen LogP contribution in [0.1, 0.15) is 39.3 Å². The van der Waals surface area contributed by atoms with E-state index in [0.29, 0.717) is 29.7 Å². The Hall–Kier alpha value is -3.27. The molecule has 0 amide bonds. The summed E-state index contributed by atoms with van der Waals surface area (Å²) in [6, 6.07) is 6.64. The summed E-state index contributed by atoms with van der Waals surface area (Å²) in [4.78, 5) is 12.9. The fourth-order valence-electron chi connectivity index (χ4n) is 4.94. The van der Waals surface area contributed by atoms with Gasteiger partial charge in [0.25, 0.3) is 0 Å². The van der Waals surface area contributed by atoms with Gasteiger partial charge in [0, 0.05) is 11.6 Å². The average Bonchev–Trinajstić information content (AvgIpc) is 3.24. The topological polar surface area (TPSA) is 114 Å². The van der Waals surface area contributed by atoms with Crippen molar-refractivity contribution in [2.24, 2.45) is 5.92 Å². The van der Waals surface area contributed by atoms with E-state index in [1.165, 1.54) is 18.5 Å². The van der Waals surface area contributed by atoms with Crippen molar-refractivity contribution in [3.63, 3.8) is 0 Å². The second kappa shape index (κ2) is 9.55. The lowest BCUT2D eigenvalue weighted by Crippen LogP contribution is -2.39. The van der Waals surface area contributed by atoms with Crippen LogP contribution in [0.5, 0.6) is 0 Å².